The van der Waals surface area contributed by atoms with Crippen molar-refractivity contribution in [3.05, 3.63) is 81.2 Å². The third kappa shape index (κ3) is 4.78. The number of carbonyl (C=O) groups excluding carboxylic acids is 2. The Bertz CT molecular complexity index is 1540. The van der Waals surface area contributed by atoms with Gasteiger partial charge >= 0.3 is 0 Å². The monoisotopic (exact) mass is 511 g/mol. The van der Waals surface area contributed by atoms with E-state index in [9.17, 15) is 9.59 Å². The van der Waals surface area contributed by atoms with Crippen LogP contribution in [0.4, 0.5) is 5.00 Å². The van der Waals surface area contributed by atoms with Crippen LogP contribution in [0.15, 0.2) is 48.5 Å². The minimum Gasteiger partial charge on any atom is -0.365 e. The first-order chi connectivity index (χ1) is 17.5. The van der Waals surface area contributed by atoms with Crippen LogP contribution < -0.4 is 11.1 Å². The molecule has 1 aliphatic carbocycles. The molecule has 4 aromatic rings. The van der Waals surface area contributed by atoms with E-state index >= 15 is 0 Å². The number of aromatic nitrogens is 1. The third-order valence-electron chi connectivity index (χ3n) is 7.73. The van der Waals surface area contributed by atoms with E-state index in [0.29, 0.717) is 22.0 Å². The second kappa shape index (κ2) is 9.42. The molecule has 0 radical (unpaired) electrons. The second-order valence-electron chi connectivity index (χ2n) is 11.2. The summed E-state index contributed by atoms with van der Waals surface area (Å²) in [6.07, 6.45) is 2.71. The topological polar surface area (TPSA) is 85.1 Å². The van der Waals surface area contributed by atoms with Crippen LogP contribution >= 0.6 is 11.3 Å². The molecule has 0 saturated heterocycles. The van der Waals surface area contributed by atoms with Gasteiger partial charge in [-0.2, -0.15) is 0 Å². The van der Waals surface area contributed by atoms with Crippen molar-refractivity contribution in [3.63, 3.8) is 0 Å². The molecule has 2 aromatic carbocycles. The molecule has 2 amide bonds. The quantitative estimate of drug-likeness (QED) is 0.307. The van der Waals surface area contributed by atoms with Gasteiger partial charge in [0.1, 0.15) is 5.00 Å². The molecule has 5 rings (SSSR count). The van der Waals surface area contributed by atoms with E-state index in [0.717, 1.165) is 51.9 Å². The van der Waals surface area contributed by atoms with E-state index in [-0.39, 0.29) is 11.3 Å². The highest BCUT2D eigenvalue weighted by molar-refractivity contribution is 7.17. The zero-order valence-electron chi connectivity index (χ0n) is 22.1. The van der Waals surface area contributed by atoms with Crippen molar-refractivity contribution in [3.8, 4) is 11.3 Å². The van der Waals surface area contributed by atoms with Crippen LogP contribution in [0.25, 0.3) is 22.2 Å². The predicted octanol–water partition coefficient (Wildman–Crippen LogP) is 7.08. The molecule has 0 aliphatic heterocycles. The van der Waals surface area contributed by atoms with Crippen molar-refractivity contribution in [2.45, 2.75) is 53.9 Å². The largest absolute Gasteiger partial charge is 0.365 e. The SMILES string of the molecule is Cc1ccc(-c2cc(C(=O)Nc3sc4c(c3C(N)=O)CCC(C(C)(C)C)C4)c3ccccc3n2)cc1C. The number of nitrogens with one attached hydrogen (secondary N) is 1. The molecule has 1 atom stereocenters. The summed E-state index contributed by atoms with van der Waals surface area (Å²) in [5, 5.41) is 4.37. The number of benzene rings is 2. The number of aryl methyl sites for hydroxylation is 2. The fraction of sp³-hybridized carbons (Fsp3) is 0.323. The molecule has 5 nitrogen and oxygen atoms in total. The molecule has 37 heavy (non-hydrogen) atoms. The van der Waals surface area contributed by atoms with E-state index in [1.54, 1.807) is 0 Å². The maximum atomic E-state index is 13.8. The molecule has 0 fully saturated rings. The van der Waals surface area contributed by atoms with Gasteiger partial charge in [-0.05, 0) is 79.3 Å². The summed E-state index contributed by atoms with van der Waals surface area (Å²) in [6, 6.07) is 15.7. The first-order valence-electron chi connectivity index (χ1n) is 12.8. The number of hydrogen-bond donors (Lipinski definition) is 2. The van der Waals surface area contributed by atoms with Crippen LogP contribution in [0, 0.1) is 25.2 Å². The maximum absolute atomic E-state index is 13.8. The van der Waals surface area contributed by atoms with E-state index in [1.807, 2.05) is 36.4 Å². The Balaban J connectivity index is 1.56. The number of primary amides is 1. The third-order valence-corrected chi connectivity index (χ3v) is 8.90. The number of rotatable bonds is 4. The minimum absolute atomic E-state index is 0.179. The molecule has 0 bridgehead atoms. The first-order valence-corrected chi connectivity index (χ1v) is 13.6. The van der Waals surface area contributed by atoms with Crippen molar-refractivity contribution in [1.29, 1.82) is 0 Å². The minimum atomic E-state index is -0.489. The summed E-state index contributed by atoms with van der Waals surface area (Å²) in [7, 11) is 0. The van der Waals surface area contributed by atoms with Gasteiger partial charge in [0.05, 0.1) is 22.3 Å². The lowest BCUT2D eigenvalue weighted by molar-refractivity contribution is 0.1000. The zero-order valence-corrected chi connectivity index (χ0v) is 22.9. The maximum Gasteiger partial charge on any atom is 0.257 e. The molecule has 2 aromatic heterocycles. The molecule has 0 spiro atoms. The number of fused-ring (bicyclic) bond motifs is 2. The molecule has 190 valence electrons. The van der Waals surface area contributed by atoms with Gasteiger partial charge in [-0.25, -0.2) is 4.98 Å². The number of amides is 2. The van der Waals surface area contributed by atoms with Crippen LogP contribution in [-0.4, -0.2) is 16.8 Å². The molecule has 3 N–H and O–H groups in total. The van der Waals surface area contributed by atoms with Gasteiger partial charge in [0.25, 0.3) is 11.8 Å². The summed E-state index contributed by atoms with van der Waals surface area (Å²) in [5.41, 5.74) is 12.8. The lowest BCUT2D eigenvalue weighted by Crippen LogP contribution is -2.27. The Morgan fingerprint density at radius 3 is 2.51 bits per heavy atom. The van der Waals surface area contributed by atoms with E-state index in [4.69, 9.17) is 10.7 Å². The Labute approximate surface area is 222 Å². The molecule has 0 saturated carbocycles. The summed E-state index contributed by atoms with van der Waals surface area (Å²) in [6.45, 7) is 10.9. The highest BCUT2D eigenvalue weighted by Gasteiger charge is 2.33. The van der Waals surface area contributed by atoms with Crippen LogP contribution in [0.3, 0.4) is 0 Å². The van der Waals surface area contributed by atoms with Crippen molar-refractivity contribution in [1.82, 2.24) is 4.98 Å². The number of carbonyl (C=O) groups is 2. The fourth-order valence-electron chi connectivity index (χ4n) is 5.26. The van der Waals surface area contributed by atoms with Crippen LogP contribution in [0.5, 0.6) is 0 Å². The zero-order chi connectivity index (χ0) is 26.5. The number of para-hydroxylation sites is 1. The van der Waals surface area contributed by atoms with Crippen molar-refractivity contribution in [2.75, 3.05) is 5.32 Å². The van der Waals surface area contributed by atoms with Gasteiger partial charge in [0.15, 0.2) is 0 Å². The van der Waals surface area contributed by atoms with Crippen molar-refractivity contribution < 1.29 is 9.59 Å². The fourth-order valence-corrected chi connectivity index (χ4v) is 6.58. The number of nitrogens with zero attached hydrogens (tertiary/aromatic N) is 1. The normalized spacial score (nSPS) is 15.4. The molecular weight excluding hydrogens is 478 g/mol. The Morgan fingerprint density at radius 2 is 1.81 bits per heavy atom. The van der Waals surface area contributed by atoms with Crippen LogP contribution in [-0.2, 0) is 12.8 Å². The van der Waals surface area contributed by atoms with Gasteiger partial charge in [-0.1, -0.05) is 51.1 Å². The Hall–Kier alpha value is -3.51. The van der Waals surface area contributed by atoms with E-state index in [2.05, 4.69) is 52.1 Å². The summed E-state index contributed by atoms with van der Waals surface area (Å²) < 4.78 is 0. The molecule has 6 heteroatoms. The second-order valence-corrected chi connectivity index (χ2v) is 12.3. The molecule has 1 aliphatic rings. The van der Waals surface area contributed by atoms with Gasteiger partial charge in [-0.15, -0.1) is 11.3 Å². The lowest BCUT2D eigenvalue weighted by atomic mass is 9.72. The van der Waals surface area contributed by atoms with Crippen LogP contribution in [0.1, 0.15) is 69.5 Å². The first kappa shape index (κ1) is 25.2. The Morgan fingerprint density at radius 1 is 1.05 bits per heavy atom. The van der Waals surface area contributed by atoms with E-state index in [1.165, 1.54) is 22.5 Å². The number of nitrogens with two attached hydrogens (primary N) is 1. The number of thiophene rings is 1. The molecule has 1 unspecified atom stereocenters. The predicted molar refractivity (Wildman–Crippen MR) is 152 cm³/mol. The highest BCUT2D eigenvalue weighted by atomic mass is 32.1. The average molecular weight is 512 g/mol. The Kier molecular flexibility index (Phi) is 6.40. The highest BCUT2D eigenvalue weighted by Crippen LogP contribution is 2.44. The van der Waals surface area contributed by atoms with Gasteiger partial charge < -0.3 is 11.1 Å². The standard InChI is InChI=1S/C31H33N3O2S/c1-17-10-11-19(14-18(17)2)25-16-23(21-8-6-7-9-24(21)33-25)29(36)34-30-27(28(32)35)22-13-12-20(31(3,4)5)15-26(22)37-30/h6-11,14,16,20H,12-13,15H2,1-5H3,(H2,32,35)(H,34,36). The van der Waals surface area contributed by atoms with Gasteiger partial charge in [0.2, 0.25) is 0 Å². The molecular formula is C31H33N3O2S. The number of anilines is 1. The smallest absolute Gasteiger partial charge is 0.257 e. The van der Waals surface area contributed by atoms with Crippen molar-refractivity contribution >= 4 is 39.1 Å². The summed E-state index contributed by atoms with van der Waals surface area (Å²) in [4.78, 5) is 32.3. The average Bonchev–Trinajstić information content (AvgIpc) is 3.21. The van der Waals surface area contributed by atoms with Gasteiger partial charge in [-0.3, -0.25) is 9.59 Å². The van der Waals surface area contributed by atoms with Crippen molar-refractivity contribution in [2.24, 2.45) is 17.1 Å². The summed E-state index contributed by atoms with van der Waals surface area (Å²) >= 11 is 1.49. The number of pyridine rings is 1. The number of hydrogen-bond acceptors (Lipinski definition) is 4. The lowest BCUT2D eigenvalue weighted by Gasteiger charge is -2.33. The molecule has 2 heterocycles. The van der Waals surface area contributed by atoms with E-state index < -0.39 is 5.91 Å². The summed E-state index contributed by atoms with van der Waals surface area (Å²) in [5.74, 6) is -0.234. The van der Waals surface area contributed by atoms with Crippen LogP contribution in [0.2, 0.25) is 0 Å². The van der Waals surface area contributed by atoms with Gasteiger partial charge in [0, 0.05) is 15.8 Å².